The zero-order valence-corrected chi connectivity index (χ0v) is 28.7. The summed E-state index contributed by atoms with van der Waals surface area (Å²) in [6.07, 6.45) is 14.1. The SMILES string of the molecule is CN(C)C1=CC=C(NC(=O)c2ccc3c4ccc(C(=O)O)c5c(C(=O)O)ccc(c6ccc(C(=O)NC7=CC=C(N(C)C)NC=C7)c2c36)c54)C=CN1. The van der Waals surface area contributed by atoms with Crippen LogP contribution < -0.4 is 21.3 Å². The first-order chi connectivity index (χ1) is 24.9. The first-order valence-electron chi connectivity index (χ1n) is 16.3. The molecule has 12 heteroatoms. The molecule has 6 N–H and O–H groups in total. The molecule has 2 amide bonds. The summed E-state index contributed by atoms with van der Waals surface area (Å²) in [7, 11) is 7.57. The van der Waals surface area contributed by atoms with E-state index in [0.717, 1.165) is 11.6 Å². The number of allylic oxidation sites excluding steroid dienone is 6. The van der Waals surface area contributed by atoms with Crippen molar-refractivity contribution in [2.75, 3.05) is 28.2 Å². The molecule has 0 unspecified atom stereocenters. The number of rotatable bonds is 8. The van der Waals surface area contributed by atoms with Gasteiger partial charge in [0.05, 0.1) is 11.1 Å². The van der Waals surface area contributed by atoms with Crippen molar-refractivity contribution in [3.8, 4) is 0 Å². The highest BCUT2D eigenvalue weighted by atomic mass is 16.4. The van der Waals surface area contributed by atoms with Crippen LogP contribution in [-0.2, 0) is 0 Å². The van der Waals surface area contributed by atoms with E-state index in [1.165, 1.54) is 12.1 Å². The fourth-order valence-electron chi connectivity index (χ4n) is 6.72. The average Bonchev–Trinajstić information content (AvgIpc) is 3.50. The van der Waals surface area contributed by atoms with Gasteiger partial charge < -0.3 is 41.3 Å². The average molecular weight is 695 g/mol. The lowest BCUT2D eigenvalue weighted by Gasteiger charge is -2.20. The van der Waals surface area contributed by atoms with Crippen LogP contribution in [0.4, 0.5) is 0 Å². The van der Waals surface area contributed by atoms with Gasteiger partial charge in [-0.3, -0.25) is 9.59 Å². The summed E-state index contributed by atoms with van der Waals surface area (Å²) in [5.41, 5.74) is 1.23. The van der Waals surface area contributed by atoms with Gasteiger partial charge in [-0.25, -0.2) is 9.59 Å². The summed E-state index contributed by atoms with van der Waals surface area (Å²) < 4.78 is 0. The maximum absolute atomic E-state index is 14.2. The molecule has 12 nitrogen and oxygen atoms in total. The molecule has 0 radical (unpaired) electrons. The van der Waals surface area contributed by atoms with Crippen molar-refractivity contribution in [2.24, 2.45) is 0 Å². The van der Waals surface area contributed by atoms with E-state index >= 15 is 0 Å². The molecule has 0 aromatic heterocycles. The molecule has 2 aliphatic rings. The van der Waals surface area contributed by atoms with Gasteiger partial charge in [0.15, 0.2) is 0 Å². The van der Waals surface area contributed by atoms with Crippen LogP contribution in [-0.4, -0.2) is 72.0 Å². The Bertz CT molecular complexity index is 2400. The van der Waals surface area contributed by atoms with E-state index in [2.05, 4.69) is 21.3 Å². The molecule has 0 spiro atoms. The van der Waals surface area contributed by atoms with Crippen LogP contribution in [0.2, 0.25) is 0 Å². The van der Waals surface area contributed by atoms with Gasteiger partial charge in [0.2, 0.25) is 0 Å². The minimum absolute atomic E-state index is 0.106. The second kappa shape index (κ2) is 13.0. The zero-order valence-electron chi connectivity index (χ0n) is 28.7. The Labute approximate surface area is 297 Å². The number of carboxylic acids is 2. The van der Waals surface area contributed by atoms with Crippen molar-refractivity contribution in [3.05, 3.63) is 143 Å². The van der Waals surface area contributed by atoms with Crippen molar-refractivity contribution >= 4 is 66.8 Å². The summed E-state index contributed by atoms with van der Waals surface area (Å²) in [5, 5.41) is 36.4. The predicted octanol–water partition coefficient (Wildman–Crippen LogP) is 5.40. The number of nitrogens with one attached hydrogen (secondary N) is 4. The highest BCUT2D eigenvalue weighted by molar-refractivity contribution is 6.38. The lowest BCUT2D eigenvalue weighted by atomic mass is 9.84. The van der Waals surface area contributed by atoms with Crippen molar-refractivity contribution < 1.29 is 29.4 Å². The Morgan fingerprint density at radius 2 is 0.846 bits per heavy atom. The minimum Gasteiger partial charge on any atom is -0.478 e. The van der Waals surface area contributed by atoms with Crippen LogP contribution in [0.25, 0.3) is 43.1 Å². The van der Waals surface area contributed by atoms with E-state index < -0.39 is 23.8 Å². The first kappa shape index (κ1) is 33.4. The molecule has 260 valence electrons. The Kier molecular flexibility index (Phi) is 8.35. The molecule has 0 fully saturated rings. The van der Waals surface area contributed by atoms with Crippen molar-refractivity contribution in [3.63, 3.8) is 0 Å². The largest absolute Gasteiger partial charge is 0.478 e. The van der Waals surface area contributed by atoms with E-state index in [4.69, 9.17) is 0 Å². The number of carbonyl (C=O) groups is 4. The maximum Gasteiger partial charge on any atom is 0.336 e. The van der Waals surface area contributed by atoms with Gasteiger partial charge in [0.25, 0.3) is 11.8 Å². The van der Waals surface area contributed by atoms with E-state index in [0.29, 0.717) is 49.1 Å². The van der Waals surface area contributed by atoms with Gasteiger partial charge in [-0.1, -0.05) is 24.3 Å². The fraction of sp³-hybridized carbons (Fsp3) is 0.100. The highest BCUT2D eigenvalue weighted by Crippen LogP contribution is 2.44. The number of nitrogens with zero attached hydrogens (tertiary/aromatic N) is 2. The smallest absolute Gasteiger partial charge is 0.336 e. The van der Waals surface area contributed by atoms with Crippen LogP contribution in [0.1, 0.15) is 41.4 Å². The molecule has 5 aromatic carbocycles. The molecule has 0 aliphatic carbocycles. The number of benzene rings is 5. The van der Waals surface area contributed by atoms with E-state index in [9.17, 15) is 29.4 Å². The minimum atomic E-state index is -1.25. The number of carbonyl (C=O) groups excluding carboxylic acids is 2. The summed E-state index contributed by atoms with van der Waals surface area (Å²) in [5.74, 6) is -1.78. The lowest BCUT2D eigenvalue weighted by Crippen LogP contribution is -2.25. The standard InChI is InChI=1S/C40H34N6O6/c1-45(2)31-15-5-21(17-19-41-31)43-37(47)27-11-7-23-25-9-13-29(39(49)50)36-30(40(51)52)14-10-26(34(25)36)24-8-12-28(35(27)33(23)24)38(48)44-22-6-16-32(46(3)4)42-20-18-22/h5-20,41-42H,1-4H3,(H,43,47)(H,44,48)(H,49,50)(H,51,52). The van der Waals surface area contributed by atoms with E-state index in [1.807, 2.05) is 50.1 Å². The Hall–Kier alpha value is -7.08. The molecule has 0 saturated carbocycles. The Morgan fingerprint density at radius 1 is 0.500 bits per heavy atom. The highest BCUT2D eigenvalue weighted by Gasteiger charge is 2.26. The first-order valence-corrected chi connectivity index (χ1v) is 16.3. The van der Waals surface area contributed by atoms with Crippen LogP contribution >= 0.6 is 0 Å². The zero-order chi connectivity index (χ0) is 36.8. The summed E-state index contributed by atoms with van der Waals surface area (Å²) >= 11 is 0. The van der Waals surface area contributed by atoms with Crippen molar-refractivity contribution in [1.82, 2.24) is 31.1 Å². The molecule has 52 heavy (non-hydrogen) atoms. The molecule has 7 rings (SSSR count). The number of carboxylic acid groups (broad SMARTS) is 2. The molecular formula is C40H34N6O6. The molecule has 2 aliphatic heterocycles. The second-order valence-electron chi connectivity index (χ2n) is 12.8. The summed E-state index contributed by atoms with van der Waals surface area (Å²) in [6.45, 7) is 0. The summed E-state index contributed by atoms with van der Waals surface area (Å²) in [4.78, 5) is 56.9. The van der Waals surface area contributed by atoms with Crippen molar-refractivity contribution in [2.45, 2.75) is 0 Å². The number of hydrogen-bond donors (Lipinski definition) is 6. The van der Waals surface area contributed by atoms with E-state index in [1.54, 1.807) is 73.1 Å². The van der Waals surface area contributed by atoms with Gasteiger partial charge in [-0.05, 0) is 93.0 Å². The third kappa shape index (κ3) is 5.71. The maximum atomic E-state index is 14.2. The Balaban J connectivity index is 1.48. The van der Waals surface area contributed by atoms with Crippen molar-refractivity contribution in [1.29, 1.82) is 0 Å². The molecule has 5 aromatic rings. The van der Waals surface area contributed by atoms with Crippen LogP contribution in [0, 0.1) is 0 Å². The molecule has 0 bridgehead atoms. The van der Waals surface area contributed by atoms with Gasteiger partial charge in [0, 0.05) is 73.9 Å². The molecule has 0 atom stereocenters. The normalized spacial score (nSPS) is 14.1. The number of fused-ring (bicyclic) bond motifs is 2. The molecular weight excluding hydrogens is 660 g/mol. The third-order valence-corrected chi connectivity index (χ3v) is 9.16. The monoisotopic (exact) mass is 694 g/mol. The van der Waals surface area contributed by atoms with Crippen LogP contribution in [0.5, 0.6) is 0 Å². The van der Waals surface area contributed by atoms with Crippen LogP contribution in [0.15, 0.2) is 120 Å². The predicted molar refractivity (Wildman–Crippen MR) is 201 cm³/mol. The lowest BCUT2D eigenvalue weighted by molar-refractivity contribution is 0.0695. The number of aromatic carboxylic acids is 2. The van der Waals surface area contributed by atoms with Gasteiger partial charge >= 0.3 is 11.9 Å². The number of amides is 2. The van der Waals surface area contributed by atoms with Gasteiger partial charge in [-0.15, -0.1) is 0 Å². The molecule has 0 saturated heterocycles. The van der Waals surface area contributed by atoms with Gasteiger partial charge in [-0.2, -0.15) is 0 Å². The number of hydrogen-bond acceptors (Lipinski definition) is 8. The van der Waals surface area contributed by atoms with E-state index in [-0.39, 0.29) is 27.6 Å². The van der Waals surface area contributed by atoms with Crippen LogP contribution in [0.3, 0.4) is 0 Å². The molecule has 2 heterocycles. The topological polar surface area (TPSA) is 163 Å². The second-order valence-corrected chi connectivity index (χ2v) is 12.8. The quantitative estimate of drug-likeness (QED) is 0.0916. The third-order valence-electron chi connectivity index (χ3n) is 9.16. The summed E-state index contributed by atoms with van der Waals surface area (Å²) in [6, 6.07) is 12.9. The Morgan fingerprint density at radius 3 is 1.19 bits per heavy atom. The fourth-order valence-corrected chi connectivity index (χ4v) is 6.72. The van der Waals surface area contributed by atoms with Gasteiger partial charge in [0.1, 0.15) is 11.6 Å².